The molecule has 17 heavy (non-hydrogen) atoms. The third kappa shape index (κ3) is 4.34. The number of halogens is 3. The fraction of sp³-hybridized carbons (Fsp3) is 0.583. The van der Waals surface area contributed by atoms with Crippen molar-refractivity contribution < 1.29 is 13.2 Å². The molecule has 0 aromatic carbocycles. The SMILES string of the molecule is CCNCC(C)Cc1cnccc1C(F)(F)F. The second kappa shape index (κ2) is 6.00. The number of nitrogens with zero attached hydrogens (tertiary/aromatic N) is 1. The van der Waals surface area contributed by atoms with Crippen molar-refractivity contribution in [3.63, 3.8) is 0 Å². The molecule has 1 N–H and O–H groups in total. The van der Waals surface area contributed by atoms with Crippen LogP contribution in [0, 0.1) is 5.92 Å². The molecule has 0 bridgehead atoms. The summed E-state index contributed by atoms with van der Waals surface area (Å²) in [7, 11) is 0. The molecule has 1 heterocycles. The Bertz CT molecular complexity index is 350. The van der Waals surface area contributed by atoms with Gasteiger partial charge in [-0.15, -0.1) is 0 Å². The van der Waals surface area contributed by atoms with Gasteiger partial charge in [0.25, 0.3) is 0 Å². The Morgan fingerprint density at radius 1 is 1.41 bits per heavy atom. The molecule has 1 rings (SSSR count). The minimum absolute atomic E-state index is 0.153. The van der Waals surface area contributed by atoms with Gasteiger partial charge in [0.1, 0.15) is 0 Å². The molecule has 0 saturated carbocycles. The van der Waals surface area contributed by atoms with E-state index < -0.39 is 11.7 Å². The predicted octanol–water partition coefficient (Wildman–Crippen LogP) is 2.89. The molecule has 1 aromatic rings. The van der Waals surface area contributed by atoms with E-state index >= 15 is 0 Å². The van der Waals surface area contributed by atoms with Crippen LogP contribution in [0.15, 0.2) is 18.5 Å². The summed E-state index contributed by atoms with van der Waals surface area (Å²) in [5, 5.41) is 3.12. The maximum absolute atomic E-state index is 12.7. The molecule has 0 radical (unpaired) electrons. The van der Waals surface area contributed by atoms with Gasteiger partial charge in [-0.05, 0) is 37.1 Å². The monoisotopic (exact) mass is 246 g/mol. The average Bonchev–Trinajstić information content (AvgIpc) is 2.25. The Kier molecular flexibility index (Phi) is 4.93. The Morgan fingerprint density at radius 2 is 2.12 bits per heavy atom. The van der Waals surface area contributed by atoms with Crippen molar-refractivity contribution in [3.8, 4) is 0 Å². The lowest BCUT2D eigenvalue weighted by atomic mass is 9.98. The number of pyridine rings is 1. The van der Waals surface area contributed by atoms with E-state index in [0.717, 1.165) is 12.6 Å². The van der Waals surface area contributed by atoms with Crippen molar-refractivity contribution in [2.24, 2.45) is 5.92 Å². The molecule has 96 valence electrons. The van der Waals surface area contributed by atoms with Gasteiger partial charge >= 0.3 is 6.18 Å². The van der Waals surface area contributed by atoms with E-state index in [2.05, 4.69) is 10.3 Å². The summed E-state index contributed by atoms with van der Waals surface area (Å²) >= 11 is 0. The summed E-state index contributed by atoms with van der Waals surface area (Å²) < 4.78 is 38.1. The fourth-order valence-corrected chi connectivity index (χ4v) is 1.70. The van der Waals surface area contributed by atoms with Crippen LogP contribution in [0.1, 0.15) is 25.0 Å². The van der Waals surface area contributed by atoms with Crippen LogP contribution in [0.4, 0.5) is 13.2 Å². The molecule has 1 aromatic heterocycles. The second-order valence-corrected chi connectivity index (χ2v) is 4.15. The maximum Gasteiger partial charge on any atom is 0.416 e. The van der Waals surface area contributed by atoms with E-state index in [-0.39, 0.29) is 11.5 Å². The summed E-state index contributed by atoms with van der Waals surface area (Å²) in [6, 6.07) is 1.04. The maximum atomic E-state index is 12.7. The topological polar surface area (TPSA) is 24.9 Å². The minimum Gasteiger partial charge on any atom is -0.317 e. The smallest absolute Gasteiger partial charge is 0.317 e. The lowest BCUT2D eigenvalue weighted by Crippen LogP contribution is -2.23. The molecule has 0 amide bonds. The van der Waals surface area contributed by atoms with Gasteiger partial charge in [-0.3, -0.25) is 4.98 Å². The van der Waals surface area contributed by atoms with Crippen molar-refractivity contribution in [2.45, 2.75) is 26.4 Å². The Labute approximate surface area is 99.3 Å². The molecule has 0 aliphatic carbocycles. The number of aromatic nitrogens is 1. The number of alkyl halides is 3. The highest BCUT2D eigenvalue weighted by Gasteiger charge is 2.33. The molecule has 0 aliphatic heterocycles. The third-order valence-electron chi connectivity index (χ3n) is 2.52. The first kappa shape index (κ1) is 14.0. The van der Waals surface area contributed by atoms with Gasteiger partial charge in [-0.25, -0.2) is 0 Å². The minimum atomic E-state index is -4.30. The first-order valence-electron chi connectivity index (χ1n) is 5.66. The van der Waals surface area contributed by atoms with E-state index in [9.17, 15) is 13.2 Å². The zero-order valence-electron chi connectivity index (χ0n) is 10.0. The van der Waals surface area contributed by atoms with Gasteiger partial charge in [-0.1, -0.05) is 13.8 Å². The lowest BCUT2D eigenvalue weighted by Gasteiger charge is -2.16. The van der Waals surface area contributed by atoms with E-state index in [4.69, 9.17) is 0 Å². The Morgan fingerprint density at radius 3 is 2.71 bits per heavy atom. The molecular formula is C12H17F3N2. The van der Waals surface area contributed by atoms with Crippen LogP contribution in [-0.2, 0) is 12.6 Å². The van der Waals surface area contributed by atoms with E-state index in [1.807, 2.05) is 13.8 Å². The number of hydrogen-bond donors (Lipinski definition) is 1. The molecule has 0 aliphatic rings. The van der Waals surface area contributed by atoms with Gasteiger partial charge in [-0.2, -0.15) is 13.2 Å². The highest BCUT2D eigenvalue weighted by Crippen LogP contribution is 2.32. The largest absolute Gasteiger partial charge is 0.416 e. The molecule has 1 unspecified atom stereocenters. The summed E-state index contributed by atoms with van der Waals surface area (Å²) in [5.41, 5.74) is -0.304. The average molecular weight is 246 g/mol. The first-order valence-corrected chi connectivity index (χ1v) is 5.66. The van der Waals surface area contributed by atoms with E-state index in [1.54, 1.807) is 0 Å². The molecule has 0 fully saturated rings. The van der Waals surface area contributed by atoms with Crippen LogP contribution >= 0.6 is 0 Å². The molecule has 5 heteroatoms. The van der Waals surface area contributed by atoms with Gasteiger partial charge in [0.15, 0.2) is 0 Å². The second-order valence-electron chi connectivity index (χ2n) is 4.15. The van der Waals surface area contributed by atoms with Crippen LogP contribution in [-0.4, -0.2) is 18.1 Å². The van der Waals surface area contributed by atoms with Crippen LogP contribution in [0.2, 0.25) is 0 Å². The summed E-state index contributed by atoms with van der Waals surface area (Å²) in [6.45, 7) is 5.43. The van der Waals surface area contributed by atoms with Gasteiger partial charge < -0.3 is 5.32 Å². The standard InChI is InChI=1S/C12H17F3N2/c1-3-16-7-9(2)6-10-8-17-5-4-11(10)12(13,14)15/h4-5,8-9,16H,3,6-7H2,1-2H3. The number of rotatable bonds is 5. The van der Waals surface area contributed by atoms with Crippen molar-refractivity contribution in [3.05, 3.63) is 29.6 Å². The molecule has 0 spiro atoms. The van der Waals surface area contributed by atoms with Crippen molar-refractivity contribution in [1.29, 1.82) is 0 Å². The van der Waals surface area contributed by atoms with E-state index in [1.165, 1.54) is 12.4 Å². The summed E-state index contributed by atoms with van der Waals surface area (Å²) in [4.78, 5) is 3.77. The quantitative estimate of drug-likeness (QED) is 0.864. The van der Waals surface area contributed by atoms with Crippen molar-refractivity contribution in [1.82, 2.24) is 10.3 Å². The molecular weight excluding hydrogens is 229 g/mol. The zero-order chi connectivity index (χ0) is 12.9. The van der Waals surface area contributed by atoms with Crippen LogP contribution in [0.25, 0.3) is 0 Å². The summed E-state index contributed by atoms with van der Waals surface area (Å²) in [6.07, 6.45) is -1.42. The van der Waals surface area contributed by atoms with Gasteiger partial charge in [0.2, 0.25) is 0 Å². The molecule has 2 nitrogen and oxygen atoms in total. The number of hydrogen-bond acceptors (Lipinski definition) is 2. The normalized spacial score (nSPS) is 13.7. The van der Waals surface area contributed by atoms with Crippen LogP contribution in [0.5, 0.6) is 0 Å². The predicted molar refractivity (Wildman–Crippen MR) is 60.7 cm³/mol. The fourth-order valence-electron chi connectivity index (χ4n) is 1.70. The highest BCUT2D eigenvalue weighted by atomic mass is 19.4. The zero-order valence-corrected chi connectivity index (χ0v) is 10.0. The highest BCUT2D eigenvalue weighted by molar-refractivity contribution is 5.26. The first-order chi connectivity index (χ1) is 7.95. The molecule has 1 atom stereocenters. The van der Waals surface area contributed by atoms with Crippen molar-refractivity contribution >= 4 is 0 Å². The van der Waals surface area contributed by atoms with Gasteiger partial charge in [0.05, 0.1) is 5.56 Å². The molecule has 0 saturated heterocycles. The van der Waals surface area contributed by atoms with E-state index in [0.29, 0.717) is 13.0 Å². The Balaban J connectivity index is 2.77. The lowest BCUT2D eigenvalue weighted by molar-refractivity contribution is -0.138. The third-order valence-corrected chi connectivity index (χ3v) is 2.52. The number of nitrogens with one attached hydrogen (secondary N) is 1. The van der Waals surface area contributed by atoms with Crippen LogP contribution < -0.4 is 5.32 Å². The van der Waals surface area contributed by atoms with Crippen LogP contribution in [0.3, 0.4) is 0 Å². The van der Waals surface area contributed by atoms with Gasteiger partial charge in [0, 0.05) is 12.4 Å². The van der Waals surface area contributed by atoms with Crippen molar-refractivity contribution in [2.75, 3.05) is 13.1 Å². The summed E-state index contributed by atoms with van der Waals surface area (Å²) in [5.74, 6) is 0.153. The Hall–Kier alpha value is -1.10.